The number of methoxy groups -OCH3 is 1. The van der Waals surface area contributed by atoms with Gasteiger partial charge in [-0.2, -0.15) is 0 Å². The fourth-order valence-electron chi connectivity index (χ4n) is 1.06. The topological polar surface area (TPSA) is 67.8 Å². The van der Waals surface area contributed by atoms with Crippen LogP contribution >= 0.6 is 15.9 Å². The molecule has 6 heteroatoms. The summed E-state index contributed by atoms with van der Waals surface area (Å²) in [4.78, 5) is 11.2. The van der Waals surface area contributed by atoms with E-state index in [0.29, 0.717) is 11.4 Å². The number of aliphatic hydroxyl groups excluding tert-OH is 1. The normalized spacial score (nSPS) is 9.69. The van der Waals surface area contributed by atoms with E-state index in [1.54, 1.807) is 18.2 Å². The molecule has 1 aromatic rings. The summed E-state index contributed by atoms with van der Waals surface area (Å²) >= 11 is 3.28. The van der Waals surface area contributed by atoms with E-state index in [4.69, 9.17) is 9.84 Å². The first-order chi connectivity index (χ1) is 7.67. The number of aliphatic hydroxyl groups is 1. The lowest BCUT2D eigenvalue weighted by atomic mass is 10.3. The lowest BCUT2D eigenvalue weighted by Gasteiger charge is -2.10. The van der Waals surface area contributed by atoms with Crippen LogP contribution in [0.1, 0.15) is 0 Å². The summed E-state index contributed by atoms with van der Waals surface area (Å²) in [6.45, 7) is -0.245. The molecule has 1 amide bonds. The van der Waals surface area contributed by atoms with E-state index in [1.165, 1.54) is 7.11 Å². The summed E-state index contributed by atoms with van der Waals surface area (Å²) in [5.41, 5.74) is 0.500. The Morgan fingerprint density at radius 1 is 1.56 bits per heavy atom. The monoisotopic (exact) mass is 289 g/mol. The van der Waals surface area contributed by atoms with Gasteiger partial charge >= 0.3 is 6.09 Å². The van der Waals surface area contributed by atoms with Crippen LogP contribution in [0.15, 0.2) is 22.7 Å². The van der Waals surface area contributed by atoms with Gasteiger partial charge in [-0.05, 0) is 18.2 Å². The molecule has 5 nitrogen and oxygen atoms in total. The molecule has 0 aromatic heterocycles. The quantitative estimate of drug-likeness (QED) is 0.890. The van der Waals surface area contributed by atoms with Crippen molar-refractivity contribution in [1.82, 2.24) is 0 Å². The predicted molar refractivity (Wildman–Crippen MR) is 62.8 cm³/mol. The van der Waals surface area contributed by atoms with Crippen molar-refractivity contribution in [3.05, 3.63) is 22.7 Å². The number of rotatable bonds is 4. The van der Waals surface area contributed by atoms with E-state index in [0.717, 1.165) is 4.47 Å². The second-order valence-electron chi connectivity index (χ2n) is 2.83. The van der Waals surface area contributed by atoms with Crippen molar-refractivity contribution in [2.75, 3.05) is 25.6 Å². The van der Waals surface area contributed by atoms with Gasteiger partial charge in [-0.15, -0.1) is 0 Å². The molecule has 0 radical (unpaired) electrons. The van der Waals surface area contributed by atoms with E-state index < -0.39 is 6.09 Å². The molecule has 0 aliphatic heterocycles. The Morgan fingerprint density at radius 3 is 2.94 bits per heavy atom. The van der Waals surface area contributed by atoms with E-state index in [9.17, 15) is 4.79 Å². The van der Waals surface area contributed by atoms with Crippen molar-refractivity contribution in [2.45, 2.75) is 0 Å². The number of nitrogens with one attached hydrogen (secondary N) is 1. The van der Waals surface area contributed by atoms with Crippen molar-refractivity contribution >= 4 is 27.7 Å². The van der Waals surface area contributed by atoms with E-state index in [2.05, 4.69) is 26.0 Å². The fourth-order valence-corrected chi connectivity index (χ4v) is 1.42. The van der Waals surface area contributed by atoms with Crippen molar-refractivity contribution < 1.29 is 19.4 Å². The lowest BCUT2D eigenvalue weighted by molar-refractivity contribution is 0.131. The summed E-state index contributed by atoms with van der Waals surface area (Å²) in [6, 6.07) is 5.20. The molecule has 0 unspecified atom stereocenters. The second kappa shape index (κ2) is 6.34. The maximum absolute atomic E-state index is 11.2. The summed E-state index contributed by atoms with van der Waals surface area (Å²) in [6.07, 6.45) is -0.634. The zero-order valence-electron chi connectivity index (χ0n) is 8.70. The Morgan fingerprint density at radius 2 is 2.31 bits per heavy atom. The van der Waals surface area contributed by atoms with Crippen LogP contribution in [-0.2, 0) is 4.74 Å². The van der Waals surface area contributed by atoms with E-state index >= 15 is 0 Å². The summed E-state index contributed by atoms with van der Waals surface area (Å²) in [5.74, 6) is 0.532. The molecule has 0 saturated heterocycles. The molecule has 0 aliphatic carbocycles. The number of halogens is 1. The molecule has 88 valence electrons. The number of benzene rings is 1. The van der Waals surface area contributed by atoms with Crippen LogP contribution in [-0.4, -0.2) is 31.5 Å². The Kier molecular flexibility index (Phi) is 5.07. The molecule has 0 heterocycles. The first-order valence-corrected chi connectivity index (χ1v) is 5.35. The Hall–Kier alpha value is -1.27. The van der Waals surface area contributed by atoms with Gasteiger partial charge in [0.1, 0.15) is 12.4 Å². The van der Waals surface area contributed by atoms with Crippen LogP contribution in [0.25, 0.3) is 0 Å². The molecule has 0 bridgehead atoms. The van der Waals surface area contributed by atoms with Crippen LogP contribution in [0, 0.1) is 0 Å². The summed E-state index contributed by atoms with van der Waals surface area (Å²) in [5, 5.41) is 11.0. The Balaban J connectivity index is 2.71. The molecule has 16 heavy (non-hydrogen) atoms. The first-order valence-electron chi connectivity index (χ1n) is 4.55. The van der Waals surface area contributed by atoms with Crippen molar-refractivity contribution in [1.29, 1.82) is 0 Å². The number of hydrogen-bond acceptors (Lipinski definition) is 4. The molecular weight excluding hydrogens is 278 g/mol. The van der Waals surface area contributed by atoms with E-state index in [-0.39, 0.29) is 13.2 Å². The van der Waals surface area contributed by atoms with Gasteiger partial charge in [0.25, 0.3) is 0 Å². The average molecular weight is 290 g/mol. The van der Waals surface area contributed by atoms with Crippen LogP contribution in [0.2, 0.25) is 0 Å². The highest BCUT2D eigenvalue weighted by atomic mass is 79.9. The molecule has 1 aromatic carbocycles. The second-order valence-corrected chi connectivity index (χ2v) is 3.74. The third-order valence-corrected chi connectivity index (χ3v) is 2.22. The maximum Gasteiger partial charge on any atom is 0.411 e. The molecular formula is C10H12BrNO4. The van der Waals surface area contributed by atoms with Gasteiger partial charge in [0.2, 0.25) is 0 Å². The maximum atomic E-state index is 11.2. The number of carbonyl (C=O) groups excluding carboxylic acids is 1. The van der Waals surface area contributed by atoms with Gasteiger partial charge in [0.15, 0.2) is 0 Å². The minimum atomic E-state index is -0.634. The third-order valence-electron chi connectivity index (χ3n) is 1.72. The molecule has 1 rings (SSSR count). The van der Waals surface area contributed by atoms with Gasteiger partial charge in [0, 0.05) is 4.47 Å². The highest BCUT2D eigenvalue weighted by molar-refractivity contribution is 9.10. The minimum Gasteiger partial charge on any atom is -0.495 e. The highest BCUT2D eigenvalue weighted by Gasteiger charge is 2.08. The zero-order chi connectivity index (χ0) is 12.0. The number of amides is 1. The summed E-state index contributed by atoms with van der Waals surface area (Å²) in [7, 11) is 1.51. The molecule has 0 aliphatic rings. The fraction of sp³-hybridized carbons (Fsp3) is 0.300. The Labute approximate surface area is 101 Å². The van der Waals surface area contributed by atoms with Gasteiger partial charge in [-0.1, -0.05) is 15.9 Å². The first kappa shape index (κ1) is 12.8. The SMILES string of the molecule is COc1ccc(Br)cc1NC(=O)OCCO. The predicted octanol–water partition coefficient (Wildman–Crippen LogP) is 2.00. The Bertz CT molecular complexity index is 370. The van der Waals surface area contributed by atoms with Crippen molar-refractivity contribution in [2.24, 2.45) is 0 Å². The van der Waals surface area contributed by atoms with Crippen LogP contribution < -0.4 is 10.1 Å². The average Bonchev–Trinajstić information content (AvgIpc) is 2.27. The van der Waals surface area contributed by atoms with Crippen molar-refractivity contribution in [3.63, 3.8) is 0 Å². The molecule has 0 fully saturated rings. The third kappa shape index (κ3) is 3.71. The number of hydrogen-bond donors (Lipinski definition) is 2. The van der Waals surface area contributed by atoms with Gasteiger partial charge in [-0.25, -0.2) is 4.79 Å². The molecule has 0 spiro atoms. The largest absolute Gasteiger partial charge is 0.495 e. The smallest absolute Gasteiger partial charge is 0.411 e. The van der Waals surface area contributed by atoms with Crippen molar-refractivity contribution in [3.8, 4) is 5.75 Å². The van der Waals surface area contributed by atoms with Crippen LogP contribution in [0.3, 0.4) is 0 Å². The van der Waals surface area contributed by atoms with Gasteiger partial charge in [-0.3, -0.25) is 5.32 Å². The van der Waals surface area contributed by atoms with Gasteiger partial charge < -0.3 is 14.6 Å². The number of anilines is 1. The highest BCUT2D eigenvalue weighted by Crippen LogP contribution is 2.27. The molecule has 0 atom stereocenters. The van der Waals surface area contributed by atoms with Crippen LogP contribution in [0.5, 0.6) is 5.75 Å². The van der Waals surface area contributed by atoms with Crippen LogP contribution in [0.4, 0.5) is 10.5 Å². The van der Waals surface area contributed by atoms with Gasteiger partial charge in [0.05, 0.1) is 19.4 Å². The number of ether oxygens (including phenoxy) is 2. The van der Waals surface area contributed by atoms with E-state index in [1.807, 2.05) is 0 Å². The molecule has 2 N–H and O–H groups in total. The lowest BCUT2D eigenvalue weighted by Crippen LogP contribution is -2.16. The standard InChI is InChI=1S/C10H12BrNO4/c1-15-9-3-2-7(11)6-8(9)12-10(14)16-5-4-13/h2-3,6,13H,4-5H2,1H3,(H,12,14). The minimum absolute atomic E-state index is 0.0395. The summed E-state index contributed by atoms with van der Waals surface area (Å²) < 4.78 is 10.5. The number of carbonyl (C=O) groups is 1. The molecule has 0 saturated carbocycles. The zero-order valence-corrected chi connectivity index (χ0v) is 10.3.